The van der Waals surface area contributed by atoms with Crippen molar-refractivity contribution in [3.8, 4) is 28.7 Å². The van der Waals surface area contributed by atoms with Gasteiger partial charge >= 0.3 is 21.1 Å². The van der Waals surface area contributed by atoms with Crippen LogP contribution in [0.1, 0.15) is 16.7 Å². The van der Waals surface area contributed by atoms with E-state index in [4.69, 9.17) is 9.72 Å². The summed E-state index contributed by atoms with van der Waals surface area (Å²) in [5.74, 6) is 3.33. The number of fused-ring (bicyclic) bond motifs is 5. The molecule has 0 unspecified atom stereocenters. The second kappa shape index (κ2) is 14.2. The summed E-state index contributed by atoms with van der Waals surface area (Å²) in [6.07, 6.45) is 5.61. The van der Waals surface area contributed by atoms with Gasteiger partial charge in [0.15, 0.2) is 0 Å². The van der Waals surface area contributed by atoms with Gasteiger partial charge in [-0.1, -0.05) is 100 Å². The van der Waals surface area contributed by atoms with E-state index in [1.807, 2.05) is 48.4 Å². The van der Waals surface area contributed by atoms with Gasteiger partial charge in [0, 0.05) is 31.2 Å². The fourth-order valence-electron chi connectivity index (χ4n) is 8.57. The summed E-state index contributed by atoms with van der Waals surface area (Å²) in [5.41, 5.74) is 12.8. The maximum Gasteiger partial charge on any atom is 2.00 e. The molecule has 272 valence electrons. The smallest absolute Gasteiger partial charge is 0.456 e. The van der Waals surface area contributed by atoms with Crippen LogP contribution in [0.5, 0.6) is 11.5 Å². The molecule has 1 aliphatic heterocycles. The molecular formula is C48H36BN5OPt. The summed E-state index contributed by atoms with van der Waals surface area (Å²) < 4.78 is 11.3. The Morgan fingerprint density at radius 3 is 2.23 bits per heavy atom. The van der Waals surface area contributed by atoms with Crippen LogP contribution in [0.4, 0.5) is 17.1 Å². The molecule has 0 saturated heterocycles. The Bertz CT molecular complexity index is 2910. The summed E-state index contributed by atoms with van der Waals surface area (Å²) in [5, 5.41) is 2.24. The van der Waals surface area contributed by atoms with Crippen LogP contribution < -0.4 is 26.0 Å². The van der Waals surface area contributed by atoms with E-state index < -0.39 is 0 Å². The van der Waals surface area contributed by atoms with Gasteiger partial charge in [0.2, 0.25) is 0 Å². The molecule has 0 amide bonds. The average molecular weight is 905 g/mol. The molecule has 56 heavy (non-hydrogen) atoms. The van der Waals surface area contributed by atoms with Crippen molar-refractivity contribution in [2.45, 2.75) is 20.8 Å². The number of ether oxygens (including phenoxy) is 1. The molecule has 6 nitrogen and oxygen atoms in total. The quantitative estimate of drug-likeness (QED) is 0.124. The monoisotopic (exact) mass is 904 g/mol. The summed E-state index contributed by atoms with van der Waals surface area (Å²) in [6.45, 7) is 6.60. The number of imidazole rings is 1. The largest absolute Gasteiger partial charge is 2.00 e. The summed E-state index contributed by atoms with van der Waals surface area (Å²) in [7, 11) is 2.01. The van der Waals surface area contributed by atoms with Gasteiger partial charge in [-0.2, -0.15) is 6.07 Å². The van der Waals surface area contributed by atoms with Gasteiger partial charge in [-0.3, -0.25) is 4.98 Å². The molecule has 0 atom stereocenters. The molecule has 1 aliphatic rings. The zero-order chi connectivity index (χ0) is 37.2. The molecule has 0 radical (unpaired) electrons. The topological polar surface area (TPSA) is 48.1 Å². The number of benzene rings is 6. The third kappa shape index (κ3) is 5.77. The molecule has 0 spiro atoms. The van der Waals surface area contributed by atoms with E-state index in [2.05, 4.69) is 157 Å². The van der Waals surface area contributed by atoms with Crippen LogP contribution in [-0.4, -0.2) is 25.8 Å². The SMILES string of the molecule is Cc1cc(C)c(B2c3ccccc3Oc3c2cccc3N(c2[c-]c(-c3nccn3C)ccc2)c2[c-]c3c(cc2)c2ccccc2n3-c2ccccn2)c(C)c1.[Pt+2]. The van der Waals surface area contributed by atoms with Crippen LogP contribution in [0.15, 0.2) is 146 Å². The number of para-hydroxylation sites is 3. The zero-order valence-corrected chi connectivity index (χ0v) is 33.7. The number of hydrogen-bond donors (Lipinski definition) is 0. The van der Waals surface area contributed by atoms with E-state index in [1.54, 1.807) is 0 Å². The maximum atomic E-state index is 7.04. The van der Waals surface area contributed by atoms with Gasteiger partial charge in [-0.25, -0.2) is 4.98 Å². The van der Waals surface area contributed by atoms with E-state index in [0.717, 1.165) is 78.5 Å². The van der Waals surface area contributed by atoms with E-state index >= 15 is 0 Å². The summed E-state index contributed by atoms with van der Waals surface area (Å²) in [4.78, 5) is 11.7. The molecule has 0 fully saturated rings. The van der Waals surface area contributed by atoms with Gasteiger partial charge < -0.3 is 18.8 Å². The van der Waals surface area contributed by atoms with Crippen molar-refractivity contribution in [1.82, 2.24) is 19.1 Å². The summed E-state index contributed by atoms with van der Waals surface area (Å²) in [6, 6.07) is 52.3. The predicted octanol–water partition coefficient (Wildman–Crippen LogP) is 9.19. The number of aromatic nitrogens is 4. The molecule has 0 saturated carbocycles. The second-order valence-corrected chi connectivity index (χ2v) is 14.4. The van der Waals surface area contributed by atoms with Crippen molar-refractivity contribution in [2.24, 2.45) is 7.05 Å². The van der Waals surface area contributed by atoms with Crippen LogP contribution >= 0.6 is 0 Å². The van der Waals surface area contributed by atoms with Gasteiger partial charge in [-0.05, 0) is 73.1 Å². The number of nitrogens with zero attached hydrogens (tertiary/aromatic N) is 5. The second-order valence-electron chi connectivity index (χ2n) is 14.4. The molecule has 4 heterocycles. The van der Waals surface area contributed by atoms with Crippen LogP contribution in [0.25, 0.3) is 39.0 Å². The van der Waals surface area contributed by atoms with Gasteiger partial charge in [0.05, 0.1) is 11.5 Å². The fourth-order valence-corrected chi connectivity index (χ4v) is 8.57. The van der Waals surface area contributed by atoms with Crippen molar-refractivity contribution >= 4 is 62.0 Å². The average Bonchev–Trinajstić information content (AvgIpc) is 3.78. The van der Waals surface area contributed by atoms with Crippen LogP contribution in [0.2, 0.25) is 0 Å². The van der Waals surface area contributed by atoms with Crippen molar-refractivity contribution in [1.29, 1.82) is 0 Å². The Kier molecular flexibility index (Phi) is 8.98. The molecule has 6 aromatic carbocycles. The van der Waals surface area contributed by atoms with Crippen molar-refractivity contribution < 1.29 is 25.8 Å². The van der Waals surface area contributed by atoms with Crippen molar-refractivity contribution in [3.05, 3.63) is 175 Å². The molecule has 0 bridgehead atoms. The van der Waals surface area contributed by atoms with Crippen LogP contribution in [0, 0.1) is 32.9 Å². The van der Waals surface area contributed by atoms with E-state index in [9.17, 15) is 0 Å². The molecule has 0 aliphatic carbocycles. The minimum Gasteiger partial charge on any atom is -0.456 e. The number of aryl methyl sites for hydroxylation is 4. The minimum atomic E-state index is -0.0246. The first-order valence-electron chi connectivity index (χ1n) is 18.6. The molecule has 3 aromatic heterocycles. The van der Waals surface area contributed by atoms with Crippen molar-refractivity contribution in [2.75, 3.05) is 4.90 Å². The maximum absolute atomic E-state index is 7.04. The molecule has 0 N–H and O–H groups in total. The molecular weight excluding hydrogens is 868 g/mol. The summed E-state index contributed by atoms with van der Waals surface area (Å²) >= 11 is 0. The van der Waals surface area contributed by atoms with Crippen molar-refractivity contribution in [3.63, 3.8) is 0 Å². The molecule has 9 aromatic rings. The van der Waals surface area contributed by atoms with Crippen LogP contribution in [0.3, 0.4) is 0 Å². The third-order valence-electron chi connectivity index (χ3n) is 10.8. The van der Waals surface area contributed by atoms with Gasteiger partial charge in [-0.15, -0.1) is 47.3 Å². The first-order valence-corrected chi connectivity index (χ1v) is 18.6. The fraction of sp³-hybridized carbons (Fsp3) is 0.0833. The molecule has 8 heteroatoms. The Morgan fingerprint density at radius 2 is 1.43 bits per heavy atom. The Morgan fingerprint density at radius 1 is 0.679 bits per heavy atom. The minimum absolute atomic E-state index is 0. The Labute approximate surface area is 341 Å². The number of pyridine rings is 1. The third-order valence-corrected chi connectivity index (χ3v) is 10.8. The van der Waals surface area contributed by atoms with E-state index in [1.165, 1.54) is 22.2 Å². The van der Waals surface area contributed by atoms with Crippen LogP contribution in [-0.2, 0) is 28.1 Å². The Hall–Kier alpha value is -6.17. The van der Waals surface area contributed by atoms with Gasteiger partial charge in [0.25, 0.3) is 6.71 Å². The number of rotatable bonds is 6. The zero-order valence-electron chi connectivity index (χ0n) is 31.4. The van der Waals surface area contributed by atoms with E-state index in [0.29, 0.717) is 0 Å². The van der Waals surface area contributed by atoms with E-state index in [-0.39, 0.29) is 27.8 Å². The Balaban J connectivity index is 0.00000410. The predicted molar refractivity (Wildman–Crippen MR) is 225 cm³/mol. The number of anilines is 3. The number of hydrogen-bond acceptors (Lipinski definition) is 4. The standard InChI is InChI=1S/C48H36BN5O.Pt/c1-31-27-32(2)46(33(3)28-31)49-39-16-6-8-20-44(39)55-47-40(49)17-12-19-42(47)53(35-14-11-13-34(29-35)48-51-25-26-52(48)4)36-22-23-38-37-15-5-7-18-41(37)54(43(38)30-36)45-21-9-10-24-50-45;/h5-28H,1-4H3;/q-2;+2. The first kappa shape index (κ1) is 35.5. The normalized spacial score (nSPS) is 11.9. The van der Waals surface area contributed by atoms with Gasteiger partial charge in [0.1, 0.15) is 17.3 Å². The first-order chi connectivity index (χ1) is 26.9. The molecule has 10 rings (SSSR count).